The van der Waals surface area contributed by atoms with Gasteiger partial charge in [0, 0.05) is 18.6 Å². The van der Waals surface area contributed by atoms with Gasteiger partial charge in [0.1, 0.15) is 6.61 Å². The molecule has 0 radical (unpaired) electrons. The second-order valence-corrected chi connectivity index (χ2v) is 8.51. The number of benzene rings is 2. The largest absolute Gasteiger partial charge is 0.480 e. The van der Waals surface area contributed by atoms with Gasteiger partial charge in [0.15, 0.2) is 0 Å². The molecule has 0 amide bonds. The van der Waals surface area contributed by atoms with Gasteiger partial charge in [0.2, 0.25) is 10.0 Å². The summed E-state index contributed by atoms with van der Waals surface area (Å²) < 4.78 is 31.3. The SMILES string of the molecule is CCOCC(=O)O.O=S(=O)(C=Cc1ccccc1)NCCC1=CCCc2ccccc21. The molecule has 0 aromatic heterocycles. The van der Waals surface area contributed by atoms with Gasteiger partial charge in [-0.2, -0.15) is 0 Å². The van der Waals surface area contributed by atoms with E-state index in [0.29, 0.717) is 19.6 Å². The lowest BCUT2D eigenvalue weighted by Crippen LogP contribution is -2.22. The topological polar surface area (TPSA) is 92.7 Å². The Labute approximate surface area is 184 Å². The van der Waals surface area contributed by atoms with Crippen LogP contribution in [0, 0.1) is 0 Å². The van der Waals surface area contributed by atoms with E-state index in [1.165, 1.54) is 22.1 Å². The van der Waals surface area contributed by atoms with Crippen molar-refractivity contribution < 1.29 is 23.1 Å². The fourth-order valence-electron chi connectivity index (χ4n) is 3.10. The molecule has 31 heavy (non-hydrogen) atoms. The Kier molecular flexibility index (Phi) is 10.2. The van der Waals surface area contributed by atoms with Gasteiger partial charge in [-0.15, -0.1) is 0 Å². The molecule has 2 aromatic carbocycles. The molecule has 0 spiro atoms. The van der Waals surface area contributed by atoms with Crippen molar-refractivity contribution in [1.29, 1.82) is 0 Å². The number of aryl methyl sites for hydroxylation is 1. The number of hydrogen-bond acceptors (Lipinski definition) is 4. The van der Waals surface area contributed by atoms with Crippen molar-refractivity contribution in [2.75, 3.05) is 19.8 Å². The Morgan fingerprint density at radius 2 is 1.84 bits per heavy atom. The summed E-state index contributed by atoms with van der Waals surface area (Å²) in [7, 11) is -3.42. The molecule has 0 fully saturated rings. The highest BCUT2D eigenvalue weighted by atomic mass is 32.2. The zero-order valence-electron chi connectivity index (χ0n) is 17.7. The molecule has 0 saturated heterocycles. The molecule has 2 aromatic rings. The predicted molar refractivity (Wildman–Crippen MR) is 124 cm³/mol. The number of allylic oxidation sites excluding steroid dienone is 1. The van der Waals surface area contributed by atoms with Crippen LogP contribution in [-0.4, -0.2) is 39.3 Å². The van der Waals surface area contributed by atoms with Crippen LogP contribution in [0.1, 0.15) is 36.5 Å². The second kappa shape index (κ2) is 12.8. The Hall–Kier alpha value is -2.74. The van der Waals surface area contributed by atoms with Gasteiger partial charge in [0.05, 0.1) is 0 Å². The fraction of sp³-hybridized carbons (Fsp3) is 0.292. The molecule has 0 heterocycles. The maximum Gasteiger partial charge on any atom is 0.329 e. The maximum absolute atomic E-state index is 12.1. The predicted octanol–water partition coefficient (Wildman–Crippen LogP) is 4.10. The highest BCUT2D eigenvalue weighted by molar-refractivity contribution is 7.92. The highest BCUT2D eigenvalue weighted by Crippen LogP contribution is 2.28. The van der Waals surface area contributed by atoms with Gasteiger partial charge in [0.25, 0.3) is 0 Å². The van der Waals surface area contributed by atoms with Crippen LogP contribution >= 0.6 is 0 Å². The molecule has 1 aliphatic rings. The number of aliphatic carboxylic acids is 1. The zero-order chi connectivity index (χ0) is 22.5. The highest BCUT2D eigenvalue weighted by Gasteiger charge is 2.12. The molecule has 3 rings (SSSR count). The van der Waals surface area contributed by atoms with Gasteiger partial charge in [-0.25, -0.2) is 17.9 Å². The first kappa shape index (κ1) is 24.5. The first-order chi connectivity index (χ1) is 14.9. The van der Waals surface area contributed by atoms with Crippen molar-refractivity contribution in [1.82, 2.24) is 4.72 Å². The van der Waals surface area contributed by atoms with E-state index in [0.717, 1.165) is 18.4 Å². The van der Waals surface area contributed by atoms with Crippen LogP contribution in [0.2, 0.25) is 0 Å². The van der Waals surface area contributed by atoms with Crippen molar-refractivity contribution in [3.05, 3.63) is 82.8 Å². The van der Waals surface area contributed by atoms with Crippen molar-refractivity contribution in [2.45, 2.75) is 26.2 Å². The van der Waals surface area contributed by atoms with E-state index in [-0.39, 0.29) is 6.61 Å². The molecule has 0 bridgehead atoms. The van der Waals surface area contributed by atoms with Crippen LogP contribution in [0.3, 0.4) is 0 Å². The van der Waals surface area contributed by atoms with E-state index in [1.54, 1.807) is 13.0 Å². The summed E-state index contributed by atoms with van der Waals surface area (Å²) in [6.45, 7) is 2.44. The van der Waals surface area contributed by atoms with Crippen molar-refractivity contribution in [3.8, 4) is 0 Å². The molecule has 0 saturated carbocycles. The number of fused-ring (bicyclic) bond motifs is 1. The number of carboxylic acid groups (broad SMARTS) is 1. The quantitative estimate of drug-likeness (QED) is 0.609. The average molecular weight is 444 g/mol. The third-order valence-corrected chi connectivity index (χ3v) is 5.64. The molecule has 0 unspecified atom stereocenters. The number of ether oxygens (including phenoxy) is 1. The minimum atomic E-state index is -3.42. The smallest absolute Gasteiger partial charge is 0.329 e. The molecule has 1 aliphatic carbocycles. The first-order valence-corrected chi connectivity index (χ1v) is 11.8. The van der Waals surface area contributed by atoms with E-state index < -0.39 is 16.0 Å². The number of carboxylic acids is 1. The van der Waals surface area contributed by atoms with E-state index in [1.807, 2.05) is 36.4 Å². The molecular weight excluding hydrogens is 414 g/mol. The van der Waals surface area contributed by atoms with Crippen molar-refractivity contribution in [3.63, 3.8) is 0 Å². The van der Waals surface area contributed by atoms with Gasteiger partial charge in [-0.1, -0.05) is 60.7 Å². The number of nitrogens with one attached hydrogen (secondary N) is 1. The summed E-state index contributed by atoms with van der Waals surface area (Å²) in [6.07, 6.45) is 6.61. The summed E-state index contributed by atoms with van der Waals surface area (Å²) in [5.74, 6) is -0.915. The first-order valence-electron chi connectivity index (χ1n) is 10.2. The standard InChI is InChI=1S/C20H21NO2S.C4H8O3/c22-24(23,16-14-17-7-2-1-3-8-17)21-15-13-19-11-6-10-18-9-4-5-12-20(18)19;1-2-7-3-4(5)6/h1-5,7-9,11-12,14,16,21H,6,10,13,15H2;2-3H2,1H3,(H,5,6). The van der Waals surface area contributed by atoms with Gasteiger partial charge in [-0.05, 0) is 54.5 Å². The third-order valence-electron chi connectivity index (χ3n) is 4.53. The van der Waals surface area contributed by atoms with E-state index in [9.17, 15) is 13.2 Å². The molecular formula is C24H29NO5S. The number of hydrogen-bond donors (Lipinski definition) is 2. The minimum absolute atomic E-state index is 0.184. The molecule has 6 nitrogen and oxygen atoms in total. The van der Waals surface area contributed by atoms with Gasteiger partial charge in [-0.3, -0.25) is 0 Å². The van der Waals surface area contributed by atoms with Crippen LogP contribution in [-0.2, 0) is 26.0 Å². The van der Waals surface area contributed by atoms with Crippen LogP contribution in [0.4, 0.5) is 0 Å². The number of carbonyl (C=O) groups is 1. The molecule has 166 valence electrons. The summed E-state index contributed by atoms with van der Waals surface area (Å²) in [6, 6.07) is 17.8. The summed E-state index contributed by atoms with van der Waals surface area (Å²) in [5.41, 5.74) is 4.70. The zero-order valence-corrected chi connectivity index (χ0v) is 18.5. The summed E-state index contributed by atoms with van der Waals surface area (Å²) in [5, 5.41) is 9.15. The second-order valence-electron chi connectivity index (χ2n) is 6.86. The molecule has 0 aliphatic heterocycles. The average Bonchev–Trinajstić information content (AvgIpc) is 2.77. The number of rotatable bonds is 9. The fourth-order valence-corrected chi connectivity index (χ4v) is 3.92. The molecule has 0 atom stereocenters. The van der Waals surface area contributed by atoms with Crippen LogP contribution in [0.15, 0.2) is 66.1 Å². The minimum Gasteiger partial charge on any atom is -0.480 e. The van der Waals surface area contributed by atoms with Crippen LogP contribution in [0.5, 0.6) is 0 Å². The van der Waals surface area contributed by atoms with Crippen LogP contribution < -0.4 is 4.72 Å². The van der Waals surface area contributed by atoms with E-state index >= 15 is 0 Å². The number of sulfonamides is 1. The normalized spacial score (nSPS) is 13.1. The van der Waals surface area contributed by atoms with Gasteiger partial charge >= 0.3 is 5.97 Å². The van der Waals surface area contributed by atoms with Gasteiger partial charge < -0.3 is 9.84 Å². The lowest BCUT2D eigenvalue weighted by atomic mass is 9.89. The lowest BCUT2D eigenvalue weighted by Gasteiger charge is -2.17. The Balaban J connectivity index is 0.000000423. The summed E-state index contributed by atoms with van der Waals surface area (Å²) in [4.78, 5) is 9.63. The Morgan fingerprint density at radius 3 is 2.52 bits per heavy atom. The van der Waals surface area contributed by atoms with E-state index in [4.69, 9.17) is 5.11 Å². The van der Waals surface area contributed by atoms with Crippen molar-refractivity contribution >= 4 is 27.6 Å². The monoisotopic (exact) mass is 443 g/mol. The van der Waals surface area contributed by atoms with Crippen LogP contribution in [0.25, 0.3) is 11.6 Å². The lowest BCUT2D eigenvalue weighted by molar-refractivity contribution is -0.142. The molecule has 7 heteroatoms. The Morgan fingerprint density at radius 1 is 1.13 bits per heavy atom. The Bertz CT molecular complexity index is 998. The molecule has 2 N–H and O–H groups in total. The summed E-state index contributed by atoms with van der Waals surface area (Å²) >= 11 is 0. The maximum atomic E-state index is 12.1. The van der Waals surface area contributed by atoms with E-state index in [2.05, 4.69) is 33.7 Å². The van der Waals surface area contributed by atoms with Crippen molar-refractivity contribution in [2.24, 2.45) is 0 Å². The third kappa shape index (κ3) is 9.29.